The van der Waals surface area contributed by atoms with Crippen LogP contribution in [-0.2, 0) is 17.9 Å². The number of hydrogen-bond donors (Lipinski definition) is 2. The zero-order valence-corrected chi connectivity index (χ0v) is 15.5. The van der Waals surface area contributed by atoms with E-state index in [1.54, 1.807) is 12.1 Å². The van der Waals surface area contributed by atoms with Gasteiger partial charge in [0, 0.05) is 12.2 Å². The van der Waals surface area contributed by atoms with E-state index in [0.29, 0.717) is 17.5 Å². The van der Waals surface area contributed by atoms with Gasteiger partial charge in [-0.3, -0.25) is 9.59 Å². The molecule has 0 atom stereocenters. The highest BCUT2D eigenvalue weighted by molar-refractivity contribution is 7.99. The average Bonchev–Trinajstić information content (AvgIpc) is 3.35. The predicted octanol–water partition coefficient (Wildman–Crippen LogP) is 2.55. The number of aromatic nitrogens is 3. The monoisotopic (exact) mass is 385 g/mol. The number of carbonyl (C=O) groups is 2. The Hall–Kier alpha value is -3.07. The Morgan fingerprint density at radius 1 is 1.15 bits per heavy atom. The number of rotatable bonds is 8. The summed E-state index contributed by atoms with van der Waals surface area (Å²) >= 11 is 1.30. The summed E-state index contributed by atoms with van der Waals surface area (Å²) in [6.45, 7) is 2.80. The Bertz CT molecular complexity index is 893. The highest BCUT2D eigenvalue weighted by Gasteiger charge is 2.15. The van der Waals surface area contributed by atoms with E-state index < -0.39 is 0 Å². The number of carbonyl (C=O) groups excluding carboxylic acids is 2. The van der Waals surface area contributed by atoms with E-state index in [1.165, 1.54) is 18.0 Å². The van der Waals surface area contributed by atoms with Crippen LogP contribution in [0.1, 0.15) is 23.3 Å². The zero-order valence-electron chi connectivity index (χ0n) is 14.7. The summed E-state index contributed by atoms with van der Waals surface area (Å²) in [4.78, 5) is 24.0. The van der Waals surface area contributed by atoms with Crippen LogP contribution in [0.25, 0.3) is 0 Å². The summed E-state index contributed by atoms with van der Waals surface area (Å²) in [6.07, 6.45) is 1.44. The number of hydrogen-bond acceptors (Lipinski definition) is 6. The minimum absolute atomic E-state index is 0.121. The lowest BCUT2D eigenvalue weighted by atomic mass is 10.3. The molecule has 0 saturated carbocycles. The molecule has 8 nitrogen and oxygen atoms in total. The summed E-state index contributed by atoms with van der Waals surface area (Å²) in [5, 5.41) is 14.4. The molecule has 0 radical (unpaired) electrons. The van der Waals surface area contributed by atoms with Crippen LogP contribution < -0.4 is 10.6 Å². The molecule has 0 bridgehead atoms. The Morgan fingerprint density at radius 3 is 2.67 bits per heavy atom. The number of thioether (sulfide) groups is 1. The van der Waals surface area contributed by atoms with E-state index in [0.717, 1.165) is 5.69 Å². The van der Waals surface area contributed by atoms with Gasteiger partial charge in [-0.2, -0.15) is 0 Å². The van der Waals surface area contributed by atoms with E-state index >= 15 is 0 Å². The van der Waals surface area contributed by atoms with Crippen molar-refractivity contribution in [3.8, 4) is 0 Å². The fraction of sp³-hybridized carbons (Fsp3) is 0.222. The van der Waals surface area contributed by atoms with Gasteiger partial charge in [0.2, 0.25) is 5.91 Å². The van der Waals surface area contributed by atoms with E-state index in [2.05, 4.69) is 20.8 Å². The van der Waals surface area contributed by atoms with Gasteiger partial charge < -0.3 is 19.6 Å². The Kier molecular flexibility index (Phi) is 6.26. The fourth-order valence-corrected chi connectivity index (χ4v) is 3.20. The van der Waals surface area contributed by atoms with Gasteiger partial charge in [0.25, 0.3) is 5.91 Å². The maximum absolute atomic E-state index is 12.1. The molecule has 2 amide bonds. The van der Waals surface area contributed by atoms with E-state index in [-0.39, 0.29) is 29.9 Å². The molecule has 1 aromatic carbocycles. The lowest BCUT2D eigenvalue weighted by Crippen LogP contribution is -2.24. The quantitative estimate of drug-likeness (QED) is 0.578. The van der Waals surface area contributed by atoms with Crippen molar-refractivity contribution in [1.82, 2.24) is 20.1 Å². The summed E-state index contributed by atoms with van der Waals surface area (Å²) in [7, 11) is 0. The largest absolute Gasteiger partial charge is 0.459 e. The summed E-state index contributed by atoms with van der Waals surface area (Å²) in [5.74, 6) is 0.630. The second-order valence-electron chi connectivity index (χ2n) is 5.51. The number of para-hydroxylation sites is 1. The molecule has 3 rings (SSSR count). The van der Waals surface area contributed by atoms with Gasteiger partial charge in [-0.1, -0.05) is 30.0 Å². The molecule has 0 aliphatic carbocycles. The van der Waals surface area contributed by atoms with E-state index in [1.807, 2.05) is 41.8 Å². The molecular weight excluding hydrogens is 366 g/mol. The lowest BCUT2D eigenvalue weighted by Gasteiger charge is -2.08. The van der Waals surface area contributed by atoms with Crippen molar-refractivity contribution in [2.45, 2.75) is 25.2 Å². The summed E-state index contributed by atoms with van der Waals surface area (Å²) < 4.78 is 6.92. The van der Waals surface area contributed by atoms with Crippen molar-refractivity contribution >= 4 is 29.3 Å². The van der Waals surface area contributed by atoms with Crippen molar-refractivity contribution in [2.75, 3.05) is 11.1 Å². The topological polar surface area (TPSA) is 102 Å². The fourth-order valence-electron chi connectivity index (χ4n) is 2.38. The SMILES string of the molecule is CCn1c(CNC(=O)c2ccco2)nnc1SCC(=O)Nc1ccccc1. The molecule has 140 valence electrons. The molecule has 9 heteroatoms. The van der Waals surface area contributed by atoms with Crippen LogP contribution in [0, 0.1) is 0 Å². The molecule has 0 unspecified atom stereocenters. The number of amides is 2. The number of anilines is 1. The van der Waals surface area contributed by atoms with Crippen LogP contribution in [0.4, 0.5) is 5.69 Å². The second kappa shape index (κ2) is 9.04. The molecule has 0 aliphatic heterocycles. The molecule has 2 N–H and O–H groups in total. The number of furan rings is 1. The van der Waals surface area contributed by atoms with Crippen LogP contribution in [0.15, 0.2) is 58.3 Å². The van der Waals surface area contributed by atoms with Crippen LogP contribution >= 0.6 is 11.8 Å². The standard InChI is InChI=1S/C18H19N5O3S/c1-2-23-15(11-19-17(25)14-9-6-10-26-14)21-22-18(23)27-12-16(24)20-13-7-4-3-5-8-13/h3-10H,2,11-12H2,1H3,(H,19,25)(H,20,24). The zero-order chi connectivity index (χ0) is 19.1. The Balaban J connectivity index is 1.55. The highest BCUT2D eigenvalue weighted by atomic mass is 32.2. The van der Waals surface area contributed by atoms with Gasteiger partial charge in [-0.15, -0.1) is 10.2 Å². The minimum Gasteiger partial charge on any atom is -0.459 e. The highest BCUT2D eigenvalue weighted by Crippen LogP contribution is 2.18. The van der Waals surface area contributed by atoms with Crippen LogP contribution in [-0.4, -0.2) is 32.3 Å². The molecule has 0 spiro atoms. The van der Waals surface area contributed by atoms with Crippen molar-refractivity contribution in [3.63, 3.8) is 0 Å². The van der Waals surface area contributed by atoms with Crippen LogP contribution in [0.2, 0.25) is 0 Å². The van der Waals surface area contributed by atoms with Gasteiger partial charge in [0.15, 0.2) is 16.7 Å². The number of benzene rings is 1. The van der Waals surface area contributed by atoms with E-state index in [9.17, 15) is 9.59 Å². The van der Waals surface area contributed by atoms with Crippen molar-refractivity contribution in [3.05, 3.63) is 60.3 Å². The van der Waals surface area contributed by atoms with Gasteiger partial charge in [0.1, 0.15) is 0 Å². The molecule has 2 aromatic heterocycles. The molecule has 3 aromatic rings. The van der Waals surface area contributed by atoms with Gasteiger partial charge in [0.05, 0.1) is 18.6 Å². The minimum atomic E-state index is -0.318. The molecular formula is C18H19N5O3S. The average molecular weight is 385 g/mol. The maximum atomic E-state index is 12.1. The number of nitrogens with zero attached hydrogens (tertiary/aromatic N) is 3. The van der Waals surface area contributed by atoms with Crippen LogP contribution in [0.3, 0.4) is 0 Å². The van der Waals surface area contributed by atoms with E-state index in [4.69, 9.17) is 4.42 Å². The van der Waals surface area contributed by atoms with Gasteiger partial charge in [-0.05, 0) is 31.2 Å². The first-order valence-electron chi connectivity index (χ1n) is 8.39. The van der Waals surface area contributed by atoms with Crippen molar-refractivity contribution in [1.29, 1.82) is 0 Å². The van der Waals surface area contributed by atoms with Crippen molar-refractivity contribution in [2.24, 2.45) is 0 Å². The first-order valence-corrected chi connectivity index (χ1v) is 9.37. The first-order chi connectivity index (χ1) is 13.2. The summed E-state index contributed by atoms with van der Waals surface area (Å²) in [5.41, 5.74) is 0.751. The molecule has 0 aliphatic rings. The molecule has 0 fully saturated rings. The first kappa shape index (κ1) is 18.7. The smallest absolute Gasteiger partial charge is 0.287 e. The van der Waals surface area contributed by atoms with Crippen LogP contribution in [0.5, 0.6) is 0 Å². The third-order valence-corrected chi connectivity index (χ3v) is 4.62. The van der Waals surface area contributed by atoms with Gasteiger partial charge in [-0.25, -0.2) is 0 Å². The van der Waals surface area contributed by atoms with Crippen molar-refractivity contribution < 1.29 is 14.0 Å². The number of nitrogens with one attached hydrogen (secondary N) is 2. The summed E-state index contributed by atoms with van der Waals surface area (Å²) in [6, 6.07) is 12.5. The normalized spacial score (nSPS) is 10.6. The predicted molar refractivity (Wildman–Crippen MR) is 101 cm³/mol. The lowest BCUT2D eigenvalue weighted by molar-refractivity contribution is -0.113. The third-order valence-electron chi connectivity index (χ3n) is 3.65. The Labute approximate surface area is 160 Å². The van der Waals surface area contributed by atoms with Gasteiger partial charge >= 0.3 is 0 Å². The Morgan fingerprint density at radius 2 is 1.96 bits per heavy atom. The third kappa shape index (κ3) is 4.98. The second-order valence-corrected chi connectivity index (χ2v) is 6.45. The maximum Gasteiger partial charge on any atom is 0.287 e. The molecule has 2 heterocycles. The molecule has 0 saturated heterocycles. The molecule has 27 heavy (non-hydrogen) atoms.